The first-order valence-electron chi connectivity index (χ1n) is 14.8. The number of aliphatic hydroxyl groups excluding tert-OH is 1. The second-order valence-corrected chi connectivity index (χ2v) is 13.4. The van der Waals surface area contributed by atoms with Gasteiger partial charge in [-0.2, -0.15) is 0 Å². The van der Waals surface area contributed by atoms with Crippen LogP contribution in [-0.4, -0.2) is 41.6 Å². The predicted octanol–water partition coefficient (Wildman–Crippen LogP) is 6.83. The van der Waals surface area contributed by atoms with Crippen LogP contribution in [0.5, 0.6) is 0 Å². The van der Waals surface area contributed by atoms with Crippen molar-refractivity contribution in [3.8, 4) is 0 Å². The summed E-state index contributed by atoms with van der Waals surface area (Å²) >= 11 is 0. The third-order valence-corrected chi connectivity index (χ3v) is 10.3. The van der Waals surface area contributed by atoms with Gasteiger partial charge in [-0.25, -0.2) is 0 Å². The summed E-state index contributed by atoms with van der Waals surface area (Å²) < 4.78 is 11.3. The predicted molar refractivity (Wildman–Crippen MR) is 157 cm³/mol. The minimum atomic E-state index is -0.531. The molecule has 0 aromatic carbocycles. The summed E-state index contributed by atoms with van der Waals surface area (Å²) in [5, 5.41) is 10.6. The molecule has 0 heterocycles. The Morgan fingerprint density at radius 2 is 1.68 bits per heavy atom. The van der Waals surface area contributed by atoms with Gasteiger partial charge in [0.1, 0.15) is 12.2 Å². The van der Waals surface area contributed by atoms with Crippen molar-refractivity contribution in [3.05, 3.63) is 46.6 Å². The van der Waals surface area contributed by atoms with Crippen LogP contribution in [0.4, 0.5) is 0 Å². The lowest BCUT2D eigenvalue weighted by Crippen LogP contribution is -2.60. The molecule has 0 bridgehead atoms. The molecule has 0 aromatic rings. The van der Waals surface area contributed by atoms with E-state index in [9.17, 15) is 19.5 Å². The minimum absolute atomic E-state index is 0.0410. The van der Waals surface area contributed by atoms with E-state index in [2.05, 4.69) is 26.8 Å². The highest BCUT2D eigenvalue weighted by molar-refractivity contribution is 6.00. The van der Waals surface area contributed by atoms with Crippen molar-refractivity contribution in [2.75, 3.05) is 6.61 Å². The summed E-state index contributed by atoms with van der Waals surface area (Å²) in [6, 6.07) is 0. The van der Waals surface area contributed by atoms with Crippen LogP contribution in [0.3, 0.4) is 0 Å². The maximum absolute atomic E-state index is 13.6. The van der Waals surface area contributed by atoms with E-state index in [-0.39, 0.29) is 59.2 Å². The number of ketones is 1. The fraction of sp³-hybridized carbons (Fsp3) is 0.676. The fourth-order valence-electron chi connectivity index (χ4n) is 8.39. The van der Waals surface area contributed by atoms with Crippen molar-refractivity contribution in [1.29, 1.82) is 0 Å². The first kappa shape index (κ1) is 32.0. The average Bonchev–Trinajstić information content (AvgIpc) is 3.14. The molecule has 0 aromatic heterocycles. The van der Waals surface area contributed by atoms with Gasteiger partial charge in [-0.15, -0.1) is 0 Å². The Morgan fingerprint density at radius 3 is 2.25 bits per heavy atom. The third kappa shape index (κ3) is 6.07. The van der Waals surface area contributed by atoms with Gasteiger partial charge in [-0.05, 0) is 81.8 Å². The number of rotatable bonds is 8. The van der Waals surface area contributed by atoms with Gasteiger partial charge in [0.15, 0.2) is 5.78 Å². The molecule has 0 aliphatic heterocycles. The van der Waals surface area contributed by atoms with Crippen molar-refractivity contribution in [1.82, 2.24) is 0 Å². The fourth-order valence-corrected chi connectivity index (χ4v) is 8.39. The number of hydrogen-bond donors (Lipinski definition) is 1. The van der Waals surface area contributed by atoms with Crippen LogP contribution in [0.25, 0.3) is 0 Å². The maximum atomic E-state index is 13.6. The zero-order chi connectivity index (χ0) is 30.0. The summed E-state index contributed by atoms with van der Waals surface area (Å²) in [7, 11) is 0. The van der Waals surface area contributed by atoms with Gasteiger partial charge < -0.3 is 14.6 Å². The third-order valence-electron chi connectivity index (χ3n) is 10.3. The molecule has 222 valence electrons. The smallest absolute Gasteiger partial charge is 0.303 e. The Morgan fingerprint density at radius 1 is 1.00 bits per heavy atom. The van der Waals surface area contributed by atoms with E-state index in [0.29, 0.717) is 19.3 Å². The Hall–Kier alpha value is -2.47. The van der Waals surface area contributed by atoms with E-state index in [1.165, 1.54) is 19.4 Å². The topological polar surface area (TPSA) is 89.9 Å². The first-order valence-corrected chi connectivity index (χ1v) is 14.8. The van der Waals surface area contributed by atoms with Gasteiger partial charge >= 0.3 is 11.9 Å². The van der Waals surface area contributed by atoms with Crippen LogP contribution in [0.2, 0.25) is 0 Å². The van der Waals surface area contributed by atoms with Gasteiger partial charge in [-0.3, -0.25) is 14.4 Å². The number of carbonyl (C=O) groups is 3. The van der Waals surface area contributed by atoms with E-state index in [4.69, 9.17) is 9.47 Å². The van der Waals surface area contributed by atoms with Crippen LogP contribution in [0.15, 0.2) is 46.6 Å². The molecule has 1 N–H and O–H groups in total. The van der Waals surface area contributed by atoms with Crippen molar-refractivity contribution in [2.24, 2.45) is 28.1 Å². The van der Waals surface area contributed by atoms with E-state index >= 15 is 0 Å². The number of hydrogen-bond acceptors (Lipinski definition) is 6. The van der Waals surface area contributed by atoms with Crippen molar-refractivity contribution >= 4 is 17.7 Å². The van der Waals surface area contributed by atoms with Crippen LogP contribution in [0, 0.1) is 28.1 Å². The molecule has 0 saturated heterocycles. The van der Waals surface area contributed by atoms with Crippen molar-refractivity contribution in [3.63, 3.8) is 0 Å². The number of allylic oxidation sites excluding steroid dienone is 6. The quantitative estimate of drug-likeness (QED) is 0.153. The molecule has 3 aliphatic carbocycles. The van der Waals surface area contributed by atoms with E-state index in [1.807, 2.05) is 45.9 Å². The normalized spacial score (nSPS) is 36.0. The highest BCUT2D eigenvalue weighted by Crippen LogP contribution is 2.69. The number of aliphatic hydroxyl groups is 1. The van der Waals surface area contributed by atoms with Gasteiger partial charge in [0.25, 0.3) is 0 Å². The van der Waals surface area contributed by atoms with Crippen molar-refractivity contribution < 1.29 is 29.0 Å². The summed E-state index contributed by atoms with van der Waals surface area (Å²) in [4.78, 5) is 37.1. The van der Waals surface area contributed by atoms with Crippen LogP contribution >= 0.6 is 0 Å². The molecule has 6 heteroatoms. The zero-order valence-electron chi connectivity index (χ0n) is 26.1. The van der Waals surface area contributed by atoms with Gasteiger partial charge in [-0.1, -0.05) is 50.6 Å². The highest BCUT2D eigenvalue weighted by Gasteiger charge is 2.66. The van der Waals surface area contributed by atoms with Crippen LogP contribution < -0.4 is 0 Å². The number of fused-ring (bicyclic) bond motifs is 3. The molecule has 0 radical (unpaired) electrons. The number of carbonyl (C=O) groups excluding carboxylic acids is 3. The van der Waals surface area contributed by atoms with Crippen molar-refractivity contribution in [2.45, 2.75) is 113 Å². The summed E-state index contributed by atoms with van der Waals surface area (Å²) in [6.45, 7) is 17.5. The molecule has 6 nitrogen and oxygen atoms in total. The number of esters is 2. The summed E-state index contributed by atoms with van der Waals surface area (Å²) in [5.74, 6) is -0.0670. The first-order chi connectivity index (χ1) is 18.6. The van der Waals surface area contributed by atoms with Crippen LogP contribution in [0.1, 0.15) is 101 Å². The SMILES string of the molecule is CC(=O)O[C@@H](CC=C(C)C)C(C)=CC=C/C(C)=C1\C(=O)C[C@H]2[C@@]3(C)CC[C@H](OC(C)=O)[C@](C)(CO)[C@@H]3CC[C@]12C. The number of ether oxygens (including phenoxy) is 2. The Bertz CT molecular complexity index is 1140. The molecule has 3 fully saturated rings. The van der Waals surface area contributed by atoms with E-state index in [1.54, 1.807) is 0 Å². The highest BCUT2D eigenvalue weighted by atomic mass is 16.5. The summed E-state index contributed by atoms with van der Waals surface area (Å²) in [6.07, 6.45) is 11.8. The molecule has 3 saturated carbocycles. The van der Waals surface area contributed by atoms with E-state index in [0.717, 1.165) is 36.0 Å². The molecule has 0 spiro atoms. The molecule has 40 heavy (non-hydrogen) atoms. The lowest BCUT2D eigenvalue weighted by atomic mass is 9.43. The molecule has 0 amide bonds. The Kier molecular flexibility index (Phi) is 9.76. The second-order valence-electron chi connectivity index (χ2n) is 13.4. The molecular weight excluding hydrogens is 504 g/mol. The largest absolute Gasteiger partial charge is 0.462 e. The Labute approximate surface area is 241 Å². The lowest BCUT2D eigenvalue weighted by molar-refractivity contribution is -0.198. The number of Topliss-reactive ketones (excluding diaryl/α,β-unsaturated/α-hetero) is 1. The van der Waals surface area contributed by atoms with Crippen LogP contribution in [-0.2, 0) is 23.9 Å². The standard InChI is InChI=1S/C34H50O6/c1-21(2)13-14-27(39-24(5)36)22(3)11-10-12-23(4)31-26(38)19-29-32(7)18-16-30(40-25(6)37)34(9,20-35)28(32)15-17-33(29,31)8/h10-13,27-30,35H,14-20H2,1-9H3/b12-10?,22-11?,31-23+/t27-,28+,29-,30-,32-,33-,34+/m0/s1. The Balaban J connectivity index is 1.90. The molecular formula is C34H50O6. The molecule has 7 atom stereocenters. The van der Waals surface area contributed by atoms with Gasteiger partial charge in [0, 0.05) is 43.1 Å². The zero-order valence-corrected chi connectivity index (χ0v) is 26.1. The molecule has 3 rings (SSSR count). The second kappa shape index (κ2) is 12.2. The average molecular weight is 555 g/mol. The maximum Gasteiger partial charge on any atom is 0.303 e. The van der Waals surface area contributed by atoms with Gasteiger partial charge in [0.2, 0.25) is 0 Å². The molecule has 0 unspecified atom stereocenters. The minimum Gasteiger partial charge on any atom is -0.462 e. The molecule has 3 aliphatic rings. The van der Waals surface area contributed by atoms with E-state index < -0.39 is 5.41 Å². The summed E-state index contributed by atoms with van der Waals surface area (Å²) in [5.41, 5.74) is 3.11. The lowest BCUT2D eigenvalue weighted by Gasteiger charge is -2.62. The van der Waals surface area contributed by atoms with Gasteiger partial charge in [0.05, 0.1) is 6.61 Å². The monoisotopic (exact) mass is 554 g/mol.